The van der Waals surface area contributed by atoms with Gasteiger partial charge in [-0.2, -0.15) is 12.7 Å². The van der Waals surface area contributed by atoms with Crippen LogP contribution in [0.2, 0.25) is 0 Å². The Labute approximate surface area is 398 Å². The van der Waals surface area contributed by atoms with Gasteiger partial charge in [-0.15, -0.1) is 0 Å². The van der Waals surface area contributed by atoms with Gasteiger partial charge in [0.1, 0.15) is 35.1 Å². The van der Waals surface area contributed by atoms with Gasteiger partial charge in [0, 0.05) is 58.5 Å². The van der Waals surface area contributed by atoms with Crippen LogP contribution in [0.3, 0.4) is 0 Å². The van der Waals surface area contributed by atoms with E-state index in [1.54, 1.807) is 61.7 Å². The van der Waals surface area contributed by atoms with Crippen molar-refractivity contribution in [2.75, 3.05) is 45.1 Å². The summed E-state index contributed by atoms with van der Waals surface area (Å²) in [6.07, 6.45) is -3.96. The number of esters is 1. The number of likely N-dealkylation sites (tertiary alicyclic amines) is 1. The van der Waals surface area contributed by atoms with Gasteiger partial charge in [0.25, 0.3) is 0 Å². The predicted molar refractivity (Wildman–Crippen MR) is 249 cm³/mol. The summed E-state index contributed by atoms with van der Waals surface area (Å²) in [6, 6.07) is -1.73. The number of aliphatic hydroxyl groups excluding tert-OH is 2. The molecule has 0 aliphatic carbocycles. The molecule has 1 aromatic heterocycles. The van der Waals surface area contributed by atoms with Gasteiger partial charge in [0.2, 0.25) is 5.95 Å². The number of ether oxygens (including phenoxy) is 6. The summed E-state index contributed by atoms with van der Waals surface area (Å²) in [5.41, 5.74) is -6.28. The Morgan fingerprint density at radius 2 is 1.66 bits per heavy atom. The minimum atomic E-state index is -4.27. The van der Waals surface area contributed by atoms with Crippen LogP contribution in [-0.4, -0.2) is 189 Å². The molecule has 1 aromatic rings. The Morgan fingerprint density at radius 3 is 2.25 bits per heavy atom. The third-order valence-electron chi connectivity index (χ3n) is 15.3. The number of methoxy groups -OCH3 is 1. The monoisotopic (exact) mass is 977 g/mol. The van der Waals surface area contributed by atoms with Gasteiger partial charge < -0.3 is 68.7 Å². The molecule has 4 fully saturated rings. The number of carbonyl (C=O) groups is 1. The van der Waals surface area contributed by atoms with Crippen LogP contribution in [0.4, 0.5) is 5.95 Å². The number of cyclic esters (lactones) is 1. The molecule has 18 atom stereocenters. The molecule has 388 valence electrons. The zero-order valence-electron chi connectivity index (χ0n) is 42.1. The topological polar surface area (TPSA) is 256 Å². The van der Waals surface area contributed by atoms with Gasteiger partial charge in [-0.1, -0.05) is 27.2 Å². The molecular weight excluding hydrogens is 893 g/mol. The fraction of sp³-hybridized carbons (Fsp3) is 0.913. The highest BCUT2D eigenvalue weighted by Crippen LogP contribution is 2.44. The van der Waals surface area contributed by atoms with Crippen molar-refractivity contribution in [1.29, 1.82) is 0 Å². The first kappa shape index (κ1) is 55.8. The van der Waals surface area contributed by atoms with Crippen LogP contribution >= 0.6 is 0 Å². The lowest BCUT2D eigenvalue weighted by Gasteiger charge is -2.55. The van der Waals surface area contributed by atoms with Gasteiger partial charge in [-0.05, 0) is 106 Å². The molecule has 7 N–H and O–H groups in total. The summed E-state index contributed by atoms with van der Waals surface area (Å²) in [6.45, 7) is 19.3. The summed E-state index contributed by atoms with van der Waals surface area (Å²) >= 11 is 0. The number of piperidine rings is 1. The second kappa shape index (κ2) is 22.1. The van der Waals surface area contributed by atoms with Crippen LogP contribution in [0.15, 0.2) is 12.4 Å². The summed E-state index contributed by atoms with van der Waals surface area (Å²) in [5, 5.41) is 63.8. The lowest BCUT2D eigenvalue weighted by molar-refractivity contribution is -0.339. The molecule has 67 heavy (non-hydrogen) atoms. The van der Waals surface area contributed by atoms with Crippen LogP contribution in [0, 0.1) is 17.8 Å². The molecule has 4 aliphatic rings. The number of likely N-dealkylation sites (N-methyl/N-ethyl adjacent to an activating group) is 1. The highest BCUT2D eigenvalue weighted by Gasteiger charge is 2.59. The number of hydrogen-bond acceptors (Lipinski definition) is 17. The van der Waals surface area contributed by atoms with Crippen LogP contribution in [0.1, 0.15) is 114 Å². The second-order valence-electron chi connectivity index (χ2n) is 20.9. The van der Waals surface area contributed by atoms with Crippen molar-refractivity contribution in [3.05, 3.63) is 12.4 Å². The second-order valence-corrected chi connectivity index (χ2v) is 22.6. The molecule has 21 heteroatoms. The summed E-state index contributed by atoms with van der Waals surface area (Å²) in [7, 11) is 0.244. The van der Waals surface area contributed by atoms with E-state index in [2.05, 4.69) is 19.9 Å². The van der Waals surface area contributed by atoms with Gasteiger partial charge in [-0.3, -0.25) is 4.79 Å². The smallest absolute Gasteiger partial charge is 0.311 e. The van der Waals surface area contributed by atoms with Gasteiger partial charge >= 0.3 is 16.2 Å². The molecule has 0 bridgehead atoms. The summed E-state index contributed by atoms with van der Waals surface area (Å²) in [4.78, 5) is 20.9. The summed E-state index contributed by atoms with van der Waals surface area (Å²) in [5.74, 6) is -3.06. The Morgan fingerprint density at radius 1 is 1.00 bits per heavy atom. The number of anilines is 1. The summed E-state index contributed by atoms with van der Waals surface area (Å²) < 4.78 is 71.2. The molecule has 10 unspecified atom stereocenters. The first-order chi connectivity index (χ1) is 31.1. The number of β-amino-alcohol motifs (C(OH)–C–C–N with tert-alkyl or cyclic N) is 1. The third-order valence-corrected chi connectivity index (χ3v) is 16.8. The van der Waals surface area contributed by atoms with Crippen molar-refractivity contribution in [2.24, 2.45) is 24.8 Å². The van der Waals surface area contributed by atoms with E-state index in [1.807, 2.05) is 13.8 Å². The van der Waals surface area contributed by atoms with Crippen LogP contribution in [-0.2, 0) is 50.5 Å². The maximum Gasteiger partial charge on any atom is 0.311 e. The van der Waals surface area contributed by atoms with Crippen LogP contribution in [0.25, 0.3) is 0 Å². The van der Waals surface area contributed by atoms with Gasteiger partial charge in [-0.25, -0.2) is 9.71 Å². The van der Waals surface area contributed by atoms with E-state index in [9.17, 15) is 38.7 Å². The predicted octanol–water partition coefficient (Wildman–Crippen LogP) is 1.88. The van der Waals surface area contributed by atoms with E-state index in [4.69, 9.17) is 28.4 Å². The molecule has 5 rings (SSSR count). The van der Waals surface area contributed by atoms with E-state index in [0.717, 1.165) is 36.7 Å². The van der Waals surface area contributed by atoms with E-state index < -0.39 is 118 Å². The number of aliphatic hydroxyl groups is 5. The lowest BCUT2D eigenvalue weighted by Crippen LogP contribution is -2.70. The lowest BCUT2D eigenvalue weighted by atomic mass is 9.74. The fourth-order valence-electron chi connectivity index (χ4n) is 10.9. The Hall–Kier alpha value is -2.09. The number of hydrogen-bond donors (Lipinski definition) is 7. The number of aryl methyl sites for hydroxylation is 1. The van der Waals surface area contributed by atoms with E-state index in [-0.39, 0.29) is 44.1 Å². The molecule has 0 aromatic carbocycles. The number of aromatic nitrogens is 2. The zero-order valence-corrected chi connectivity index (χ0v) is 42.9. The van der Waals surface area contributed by atoms with Crippen LogP contribution < -0.4 is 10.0 Å². The van der Waals surface area contributed by atoms with E-state index in [0.29, 0.717) is 6.54 Å². The standard InChI is InChI=1S/C46H84N6O14S/c1-14-34-45(10,57)38(54)31(6)48-25-27(2)23-43(8,56)39(66-41-36(53)33(22-28(3)62-41)51(12)67(59,60)49-42-47-18-21-50(42)11)29(4)37(30(5)40(55)64-34)65-35-24-44(9,61-13)46(58,32(7)63-35)26-52-19-16-15-17-20-52/h18,21,27-39,41,48,53-54,56-58H,14-17,19-20,22-26H2,1-13H3,(H,47,49)/t27?,28-,29?,30?,31?,32-,33+,34?,35-,36-,37?,38?,39?,41+,43?,44+,45?,46-/m0/s1. The van der Waals surface area contributed by atoms with Gasteiger partial charge in [0.15, 0.2) is 12.6 Å². The average Bonchev–Trinajstić information content (AvgIpc) is 3.66. The van der Waals surface area contributed by atoms with Crippen molar-refractivity contribution in [3.63, 3.8) is 0 Å². The van der Waals surface area contributed by atoms with Crippen molar-refractivity contribution in [3.8, 4) is 0 Å². The fourth-order valence-corrected chi connectivity index (χ4v) is 12.0. The Bertz CT molecular complexity index is 1870. The average molecular weight is 977 g/mol. The first-order valence-corrected chi connectivity index (χ1v) is 25.7. The molecule has 4 aliphatic heterocycles. The maximum absolute atomic E-state index is 14.6. The minimum absolute atomic E-state index is 0.0426. The largest absolute Gasteiger partial charge is 0.459 e. The quantitative estimate of drug-likeness (QED) is 0.148. The van der Waals surface area contributed by atoms with Crippen LogP contribution in [0.5, 0.6) is 0 Å². The molecule has 20 nitrogen and oxygen atoms in total. The van der Waals surface area contributed by atoms with Crippen molar-refractivity contribution in [1.82, 2.24) is 24.1 Å². The number of imidazole rings is 1. The van der Waals surface area contributed by atoms with E-state index in [1.165, 1.54) is 31.8 Å². The minimum Gasteiger partial charge on any atom is -0.459 e. The molecular formula is C46H84N6O14S. The Balaban J connectivity index is 1.55. The number of carbonyl (C=O) groups excluding carboxylic acids is 1. The molecule has 0 amide bonds. The molecule has 0 radical (unpaired) electrons. The molecule has 0 saturated carbocycles. The van der Waals surface area contributed by atoms with E-state index >= 15 is 0 Å². The first-order valence-electron chi connectivity index (χ1n) is 24.2. The van der Waals surface area contributed by atoms with Crippen molar-refractivity contribution in [2.45, 2.75) is 204 Å². The third kappa shape index (κ3) is 12.3. The van der Waals surface area contributed by atoms with Crippen molar-refractivity contribution < 1.29 is 67.2 Å². The Kier molecular flexibility index (Phi) is 18.4. The highest BCUT2D eigenvalue weighted by atomic mass is 32.2. The van der Waals surface area contributed by atoms with Gasteiger partial charge in [0.05, 0.1) is 42.0 Å². The SMILES string of the molecule is CCC1OC(=O)C(C)C(O[C@H]2C[C@@](C)(OC)[C@](O)(CN3CCCCC3)[C@H](C)O2)C(C)C(O[C@H]2O[C@@H](C)C[C@@H](N(C)S(=O)(=O)Nc3nccn3C)[C@@H]2O)C(C)(O)CC(C)CNC(C)C(O)C1(C)O. The zero-order chi connectivity index (χ0) is 50.0. The normalized spacial score (nSPS) is 43.8. The number of nitrogens with one attached hydrogen (secondary N) is 2. The highest BCUT2D eigenvalue weighted by molar-refractivity contribution is 7.90. The molecule has 0 spiro atoms. The number of rotatable bonds is 12. The molecule has 4 saturated heterocycles. The van der Waals surface area contributed by atoms with Crippen molar-refractivity contribution >= 4 is 22.1 Å². The molecule has 5 heterocycles. The maximum atomic E-state index is 14.6. The number of nitrogens with zero attached hydrogens (tertiary/aromatic N) is 4.